The van der Waals surface area contributed by atoms with Gasteiger partial charge in [0.25, 0.3) is 5.56 Å². The lowest BCUT2D eigenvalue weighted by atomic mass is 10.1. The van der Waals surface area contributed by atoms with Gasteiger partial charge >= 0.3 is 0 Å². The Morgan fingerprint density at radius 1 is 1.12 bits per heavy atom. The Morgan fingerprint density at radius 2 is 1.91 bits per heavy atom. The summed E-state index contributed by atoms with van der Waals surface area (Å²) in [6.07, 6.45) is 3.33. The molecule has 0 aliphatic carbocycles. The molecule has 1 N–H and O–H groups in total. The molecule has 34 heavy (non-hydrogen) atoms. The van der Waals surface area contributed by atoms with Crippen LogP contribution in [0.5, 0.6) is 5.75 Å². The number of halogens is 1. The van der Waals surface area contributed by atoms with Crippen molar-refractivity contribution in [1.29, 1.82) is 0 Å². The topological polar surface area (TPSA) is 62.6 Å². The van der Waals surface area contributed by atoms with Gasteiger partial charge in [0, 0.05) is 44.5 Å². The van der Waals surface area contributed by atoms with Crippen LogP contribution < -0.4 is 15.6 Å². The summed E-state index contributed by atoms with van der Waals surface area (Å²) in [7, 11) is 1.50. The van der Waals surface area contributed by atoms with Crippen LogP contribution in [0.15, 0.2) is 47.5 Å². The Balaban J connectivity index is 1.41. The number of aromatic nitrogens is 2. The third kappa shape index (κ3) is 5.56. The molecule has 0 spiro atoms. The third-order valence-corrected chi connectivity index (χ3v) is 6.58. The van der Waals surface area contributed by atoms with Gasteiger partial charge in [-0.3, -0.25) is 14.3 Å². The molecule has 1 atom stereocenters. The number of anilines is 1. The second-order valence-corrected chi connectivity index (χ2v) is 8.88. The van der Waals surface area contributed by atoms with Gasteiger partial charge in [-0.05, 0) is 56.1 Å². The summed E-state index contributed by atoms with van der Waals surface area (Å²) in [5.41, 5.74) is 2.02. The largest absolute Gasteiger partial charge is 0.497 e. The summed E-state index contributed by atoms with van der Waals surface area (Å²) in [6, 6.07) is 10.5. The number of hydrogen-bond donors (Lipinski definition) is 1. The fourth-order valence-corrected chi connectivity index (χ4v) is 4.53. The van der Waals surface area contributed by atoms with E-state index >= 15 is 0 Å². The molecule has 3 aromatic rings. The van der Waals surface area contributed by atoms with Gasteiger partial charge in [-0.15, -0.1) is 0 Å². The van der Waals surface area contributed by atoms with Gasteiger partial charge in [-0.2, -0.15) is 0 Å². The lowest BCUT2D eigenvalue weighted by Gasteiger charge is -2.38. The van der Waals surface area contributed by atoms with Crippen LogP contribution in [0.25, 0.3) is 10.9 Å². The summed E-state index contributed by atoms with van der Waals surface area (Å²) in [4.78, 5) is 22.4. The summed E-state index contributed by atoms with van der Waals surface area (Å²) in [5.74, 6) is 0.140. The number of rotatable bonds is 9. The molecule has 1 aromatic heterocycles. The Kier molecular flexibility index (Phi) is 7.80. The molecule has 182 valence electrons. The number of benzene rings is 2. The molecule has 0 saturated carbocycles. The molecule has 0 bridgehead atoms. The average Bonchev–Trinajstić information content (AvgIpc) is 2.85. The number of ether oxygens (including phenoxy) is 1. The van der Waals surface area contributed by atoms with E-state index in [0.717, 1.165) is 31.9 Å². The van der Waals surface area contributed by atoms with Crippen molar-refractivity contribution in [3.8, 4) is 5.75 Å². The van der Waals surface area contributed by atoms with E-state index in [4.69, 9.17) is 4.74 Å². The van der Waals surface area contributed by atoms with Crippen LogP contribution in [0.1, 0.15) is 25.8 Å². The molecule has 0 amide bonds. The van der Waals surface area contributed by atoms with Crippen molar-refractivity contribution in [2.24, 2.45) is 0 Å². The van der Waals surface area contributed by atoms with Crippen LogP contribution in [0.4, 0.5) is 10.1 Å². The van der Waals surface area contributed by atoms with E-state index in [1.807, 2.05) is 18.2 Å². The molecule has 8 heteroatoms. The first-order chi connectivity index (χ1) is 16.5. The number of hydrogen-bond acceptors (Lipinski definition) is 6. The molecule has 1 unspecified atom stereocenters. The lowest BCUT2D eigenvalue weighted by Crippen LogP contribution is -2.51. The Hall–Kier alpha value is -2.97. The van der Waals surface area contributed by atoms with E-state index in [1.165, 1.54) is 30.7 Å². The van der Waals surface area contributed by atoms with Crippen LogP contribution in [0.2, 0.25) is 0 Å². The zero-order chi connectivity index (χ0) is 24.1. The van der Waals surface area contributed by atoms with Crippen molar-refractivity contribution in [2.75, 3.05) is 45.2 Å². The highest BCUT2D eigenvalue weighted by molar-refractivity contribution is 5.81. The molecular formula is C26H34FN5O2. The van der Waals surface area contributed by atoms with E-state index in [2.05, 4.69) is 33.9 Å². The van der Waals surface area contributed by atoms with Crippen LogP contribution >= 0.6 is 0 Å². The predicted octanol–water partition coefficient (Wildman–Crippen LogP) is 3.57. The third-order valence-electron chi connectivity index (χ3n) is 6.58. The highest BCUT2D eigenvalue weighted by atomic mass is 19.1. The second kappa shape index (κ2) is 11.0. The average molecular weight is 468 g/mol. The fourth-order valence-electron chi connectivity index (χ4n) is 4.53. The van der Waals surface area contributed by atoms with Crippen molar-refractivity contribution >= 4 is 16.6 Å². The van der Waals surface area contributed by atoms with Crippen LogP contribution in [-0.4, -0.2) is 65.4 Å². The molecule has 4 rings (SSSR count). The van der Waals surface area contributed by atoms with Crippen molar-refractivity contribution < 1.29 is 9.13 Å². The molecule has 1 aliphatic rings. The lowest BCUT2D eigenvalue weighted by molar-refractivity contribution is 0.111. The Bertz CT molecular complexity index is 1170. The smallest absolute Gasteiger partial charge is 0.261 e. The highest BCUT2D eigenvalue weighted by Crippen LogP contribution is 2.19. The van der Waals surface area contributed by atoms with Gasteiger partial charge in [0.05, 0.1) is 30.5 Å². The van der Waals surface area contributed by atoms with Gasteiger partial charge in [-0.25, -0.2) is 9.37 Å². The minimum atomic E-state index is -0.335. The second-order valence-electron chi connectivity index (χ2n) is 8.88. The molecule has 1 fully saturated rings. The molecular weight excluding hydrogens is 433 g/mol. The van der Waals surface area contributed by atoms with E-state index in [9.17, 15) is 9.18 Å². The number of nitrogens with one attached hydrogen (secondary N) is 1. The van der Waals surface area contributed by atoms with Crippen LogP contribution in [0, 0.1) is 5.82 Å². The van der Waals surface area contributed by atoms with Crippen LogP contribution in [0.3, 0.4) is 0 Å². The van der Waals surface area contributed by atoms with Gasteiger partial charge < -0.3 is 15.0 Å². The SMILES string of the molecule is CCCN1CCN(C(C)Nc2ccc3c(=O)n(CCc4ccc(OC)cc4F)cnc3c2)CC1. The first-order valence-electron chi connectivity index (χ1n) is 12.0. The summed E-state index contributed by atoms with van der Waals surface area (Å²) in [6.45, 7) is 10.2. The minimum Gasteiger partial charge on any atom is -0.497 e. The maximum atomic E-state index is 14.2. The van der Waals surface area contributed by atoms with Crippen molar-refractivity contribution in [3.63, 3.8) is 0 Å². The maximum absolute atomic E-state index is 14.2. The Morgan fingerprint density at radius 3 is 2.62 bits per heavy atom. The highest BCUT2D eigenvalue weighted by Gasteiger charge is 2.20. The first-order valence-corrected chi connectivity index (χ1v) is 12.0. The normalized spacial score (nSPS) is 16.0. The van der Waals surface area contributed by atoms with Crippen molar-refractivity contribution in [1.82, 2.24) is 19.4 Å². The summed E-state index contributed by atoms with van der Waals surface area (Å²) < 4.78 is 20.8. The van der Waals surface area contributed by atoms with Crippen molar-refractivity contribution in [3.05, 3.63) is 64.5 Å². The molecule has 2 aromatic carbocycles. The van der Waals surface area contributed by atoms with Gasteiger partial charge in [-0.1, -0.05) is 13.0 Å². The number of methoxy groups -OCH3 is 1. The Labute approximate surface area is 200 Å². The number of aryl methyl sites for hydroxylation is 2. The van der Waals surface area contributed by atoms with E-state index in [1.54, 1.807) is 18.5 Å². The van der Waals surface area contributed by atoms with E-state index in [0.29, 0.717) is 35.2 Å². The molecule has 7 nitrogen and oxygen atoms in total. The van der Waals surface area contributed by atoms with Gasteiger partial charge in [0.15, 0.2) is 0 Å². The molecule has 0 radical (unpaired) electrons. The summed E-state index contributed by atoms with van der Waals surface area (Å²) >= 11 is 0. The number of nitrogens with zero attached hydrogens (tertiary/aromatic N) is 4. The molecule has 1 aliphatic heterocycles. The zero-order valence-corrected chi connectivity index (χ0v) is 20.3. The maximum Gasteiger partial charge on any atom is 0.261 e. The number of piperazine rings is 1. The minimum absolute atomic E-state index is 0.120. The first kappa shape index (κ1) is 24.2. The van der Waals surface area contributed by atoms with Crippen molar-refractivity contribution in [2.45, 2.75) is 39.4 Å². The van der Waals surface area contributed by atoms with E-state index < -0.39 is 0 Å². The fraction of sp³-hybridized carbons (Fsp3) is 0.462. The van der Waals surface area contributed by atoms with Gasteiger partial charge in [0.1, 0.15) is 11.6 Å². The standard InChI is InChI=1S/C26H34FN5O2/c1-4-10-30-12-14-31(15-13-30)19(2)29-21-6-8-23-25(16-21)28-18-32(26(23)33)11-9-20-5-7-22(34-3)17-24(20)27/h5-8,16-19,29H,4,9-15H2,1-3H3. The molecule has 2 heterocycles. The van der Waals surface area contributed by atoms with Crippen LogP contribution in [-0.2, 0) is 13.0 Å². The molecule has 1 saturated heterocycles. The van der Waals surface area contributed by atoms with Gasteiger partial charge in [0.2, 0.25) is 0 Å². The predicted molar refractivity (Wildman–Crippen MR) is 134 cm³/mol. The monoisotopic (exact) mass is 467 g/mol. The number of fused-ring (bicyclic) bond motifs is 1. The quantitative estimate of drug-likeness (QED) is 0.519. The zero-order valence-electron chi connectivity index (χ0n) is 20.3. The van der Waals surface area contributed by atoms with E-state index in [-0.39, 0.29) is 17.5 Å². The summed E-state index contributed by atoms with van der Waals surface area (Å²) in [5, 5.41) is 4.11.